The van der Waals surface area contributed by atoms with Crippen LogP contribution < -0.4 is 0 Å². The molecule has 1 N–H and O–H groups in total. The topological polar surface area (TPSA) is 54.4 Å². The summed E-state index contributed by atoms with van der Waals surface area (Å²) in [6.45, 7) is 0. The summed E-state index contributed by atoms with van der Waals surface area (Å²) in [6.07, 6.45) is 1.60. The third-order valence-corrected chi connectivity index (χ3v) is 2.55. The Morgan fingerprint density at radius 3 is 2.31 bits per heavy atom. The first kappa shape index (κ1) is 9.92. The highest BCUT2D eigenvalue weighted by molar-refractivity contribution is 7.84. The second-order valence-electron chi connectivity index (χ2n) is 2.67. The summed E-state index contributed by atoms with van der Waals surface area (Å²) in [5, 5.41) is 8.49. The lowest BCUT2D eigenvalue weighted by Crippen LogP contribution is -1.99. The minimum atomic E-state index is -0.997. The molecule has 0 heterocycles. The van der Waals surface area contributed by atoms with Gasteiger partial charge in [0, 0.05) is 22.0 Å². The van der Waals surface area contributed by atoms with Crippen molar-refractivity contribution in [3.05, 3.63) is 29.8 Å². The molecule has 1 aromatic carbocycles. The van der Waals surface area contributed by atoms with E-state index >= 15 is 0 Å². The SMILES string of the molecule is C[S@@](=O)c1ccc(CC(=O)O)cc1. The van der Waals surface area contributed by atoms with Gasteiger partial charge in [-0.1, -0.05) is 12.1 Å². The highest BCUT2D eigenvalue weighted by Crippen LogP contribution is 2.07. The number of aliphatic carboxylic acids is 1. The minimum absolute atomic E-state index is 0.0105. The van der Waals surface area contributed by atoms with E-state index < -0.39 is 16.8 Å². The third kappa shape index (κ3) is 2.99. The van der Waals surface area contributed by atoms with Crippen molar-refractivity contribution >= 4 is 16.8 Å². The van der Waals surface area contributed by atoms with E-state index in [-0.39, 0.29) is 6.42 Å². The Balaban J connectivity index is 2.81. The second-order valence-corrected chi connectivity index (χ2v) is 4.05. The van der Waals surface area contributed by atoms with Gasteiger partial charge in [-0.05, 0) is 17.7 Å². The van der Waals surface area contributed by atoms with Gasteiger partial charge >= 0.3 is 5.97 Å². The molecule has 0 radical (unpaired) electrons. The number of carboxylic acid groups (broad SMARTS) is 1. The molecule has 1 atom stereocenters. The van der Waals surface area contributed by atoms with E-state index in [2.05, 4.69) is 0 Å². The minimum Gasteiger partial charge on any atom is -0.481 e. The number of rotatable bonds is 3. The molecule has 0 saturated carbocycles. The molecule has 0 aliphatic heterocycles. The zero-order chi connectivity index (χ0) is 9.84. The van der Waals surface area contributed by atoms with Gasteiger partial charge in [0.15, 0.2) is 0 Å². The number of benzene rings is 1. The summed E-state index contributed by atoms with van der Waals surface area (Å²) >= 11 is 0. The summed E-state index contributed by atoms with van der Waals surface area (Å²) in [4.78, 5) is 11.0. The van der Waals surface area contributed by atoms with E-state index in [1.54, 1.807) is 30.5 Å². The van der Waals surface area contributed by atoms with Gasteiger partial charge in [0.25, 0.3) is 0 Å². The molecule has 0 amide bonds. The fourth-order valence-electron chi connectivity index (χ4n) is 0.974. The van der Waals surface area contributed by atoms with Crippen LogP contribution in [-0.2, 0) is 22.0 Å². The first-order valence-electron chi connectivity index (χ1n) is 3.74. The molecule has 1 aromatic rings. The summed E-state index contributed by atoms with van der Waals surface area (Å²) in [6, 6.07) is 6.75. The van der Waals surface area contributed by atoms with Crippen LogP contribution in [0.25, 0.3) is 0 Å². The van der Waals surface area contributed by atoms with E-state index in [0.717, 1.165) is 5.56 Å². The number of hydrogen-bond donors (Lipinski definition) is 1. The second kappa shape index (κ2) is 4.18. The van der Waals surface area contributed by atoms with Crippen molar-refractivity contribution in [1.82, 2.24) is 0 Å². The Kier molecular flexibility index (Phi) is 3.19. The molecule has 70 valence electrons. The van der Waals surface area contributed by atoms with Crippen LogP contribution in [0.4, 0.5) is 0 Å². The van der Waals surface area contributed by atoms with Crippen molar-refractivity contribution in [2.45, 2.75) is 11.3 Å². The average molecular weight is 198 g/mol. The Morgan fingerprint density at radius 2 is 1.92 bits per heavy atom. The molecular formula is C9H10O3S. The van der Waals surface area contributed by atoms with Gasteiger partial charge in [0.2, 0.25) is 0 Å². The number of carboxylic acids is 1. The van der Waals surface area contributed by atoms with Crippen LogP contribution in [0.15, 0.2) is 29.2 Å². The van der Waals surface area contributed by atoms with Crippen LogP contribution in [0.3, 0.4) is 0 Å². The summed E-state index contributed by atoms with van der Waals surface area (Å²) in [5.41, 5.74) is 0.724. The van der Waals surface area contributed by atoms with Gasteiger partial charge in [-0.15, -0.1) is 0 Å². The molecule has 4 heteroatoms. The lowest BCUT2D eigenvalue weighted by molar-refractivity contribution is -0.136. The molecule has 0 spiro atoms. The van der Waals surface area contributed by atoms with Crippen molar-refractivity contribution in [2.24, 2.45) is 0 Å². The van der Waals surface area contributed by atoms with E-state index in [1.165, 1.54) is 0 Å². The molecule has 0 aliphatic rings. The summed E-state index contributed by atoms with van der Waals surface area (Å²) in [5.74, 6) is -0.856. The monoisotopic (exact) mass is 198 g/mol. The number of carbonyl (C=O) groups is 1. The molecule has 3 nitrogen and oxygen atoms in total. The van der Waals surface area contributed by atoms with E-state index in [9.17, 15) is 9.00 Å². The summed E-state index contributed by atoms with van der Waals surface area (Å²) in [7, 11) is -0.997. The normalized spacial score (nSPS) is 12.4. The van der Waals surface area contributed by atoms with Crippen molar-refractivity contribution in [1.29, 1.82) is 0 Å². The molecule has 0 bridgehead atoms. The Hall–Kier alpha value is -1.16. The fourth-order valence-corrected chi connectivity index (χ4v) is 1.49. The van der Waals surface area contributed by atoms with Crippen molar-refractivity contribution < 1.29 is 14.1 Å². The lowest BCUT2D eigenvalue weighted by Gasteiger charge is -1.98. The largest absolute Gasteiger partial charge is 0.481 e. The standard InChI is InChI=1S/C9H10O3S/c1-13(12)8-4-2-7(3-5-8)6-9(10)11/h2-5H,6H2,1H3,(H,10,11)/t13-/m1/s1. The van der Waals surface area contributed by atoms with Gasteiger partial charge in [-0.2, -0.15) is 0 Å². The quantitative estimate of drug-likeness (QED) is 0.789. The maximum Gasteiger partial charge on any atom is 0.307 e. The van der Waals surface area contributed by atoms with Crippen LogP contribution in [0.1, 0.15) is 5.56 Å². The molecule has 1 rings (SSSR count). The highest BCUT2D eigenvalue weighted by Gasteiger charge is 2.01. The molecule has 13 heavy (non-hydrogen) atoms. The highest BCUT2D eigenvalue weighted by atomic mass is 32.2. The van der Waals surface area contributed by atoms with Crippen LogP contribution in [0, 0.1) is 0 Å². The van der Waals surface area contributed by atoms with Crippen molar-refractivity contribution in [3.8, 4) is 0 Å². The molecule has 0 fully saturated rings. The first-order valence-corrected chi connectivity index (χ1v) is 5.29. The van der Waals surface area contributed by atoms with E-state index in [0.29, 0.717) is 4.90 Å². The van der Waals surface area contributed by atoms with Gasteiger partial charge < -0.3 is 5.11 Å². The van der Waals surface area contributed by atoms with Crippen LogP contribution in [0.5, 0.6) is 0 Å². The predicted molar refractivity (Wildman–Crippen MR) is 50.1 cm³/mol. The van der Waals surface area contributed by atoms with Gasteiger partial charge in [0.1, 0.15) is 0 Å². The van der Waals surface area contributed by atoms with Crippen LogP contribution in [0.2, 0.25) is 0 Å². The maximum atomic E-state index is 11.0. The third-order valence-electron chi connectivity index (χ3n) is 1.61. The van der Waals surface area contributed by atoms with Crippen LogP contribution >= 0.6 is 0 Å². The predicted octanol–water partition coefficient (Wildman–Crippen LogP) is 1.05. The number of hydrogen-bond acceptors (Lipinski definition) is 2. The van der Waals surface area contributed by atoms with Gasteiger partial charge in [0.05, 0.1) is 6.42 Å². The Morgan fingerprint density at radius 1 is 1.38 bits per heavy atom. The molecular weight excluding hydrogens is 188 g/mol. The Bertz CT molecular complexity index is 329. The van der Waals surface area contributed by atoms with Gasteiger partial charge in [-0.3, -0.25) is 9.00 Å². The zero-order valence-electron chi connectivity index (χ0n) is 7.19. The Labute approximate surface area is 78.9 Å². The van der Waals surface area contributed by atoms with E-state index in [4.69, 9.17) is 5.11 Å². The first-order chi connectivity index (χ1) is 6.09. The van der Waals surface area contributed by atoms with Gasteiger partial charge in [-0.25, -0.2) is 0 Å². The molecule has 0 saturated heterocycles. The lowest BCUT2D eigenvalue weighted by atomic mass is 10.2. The van der Waals surface area contributed by atoms with Crippen molar-refractivity contribution in [2.75, 3.05) is 6.26 Å². The average Bonchev–Trinajstić information content (AvgIpc) is 2.04. The van der Waals surface area contributed by atoms with Crippen molar-refractivity contribution in [3.63, 3.8) is 0 Å². The summed E-state index contributed by atoms with van der Waals surface area (Å²) < 4.78 is 11.0. The van der Waals surface area contributed by atoms with E-state index in [1.807, 2.05) is 0 Å². The molecule has 0 unspecified atom stereocenters. The fraction of sp³-hybridized carbons (Fsp3) is 0.222. The molecule has 0 aromatic heterocycles. The van der Waals surface area contributed by atoms with Crippen LogP contribution in [-0.4, -0.2) is 21.5 Å². The molecule has 0 aliphatic carbocycles. The zero-order valence-corrected chi connectivity index (χ0v) is 8.00. The maximum absolute atomic E-state index is 11.0. The smallest absolute Gasteiger partial charge is 0.307 e.